The van der Waals surface area contributed by atoms with Gasteiger partial charge in [-0.05, 0) is 18.6 Å². The fourth-order valence-electron chi connectivity index (χ4n) is 1.48. The maximum atomic E-state index is 9.67. The van der Waals surface area contributed by atoms with Crippen molar-refractivity contribution < 1.29 is 41.2 Å². The number of phenols is 2. The van der Waals surface area contributed by atoms with E-state index in [1.165, 1.54) is 0 Å². The Morgan fingerprint density at radius 1 is 1.07 bits per heavy atom. The quantitative estimate of drug-likeness (QED) is 0.450. The van der Waals surface area contributed by atoms with Gasteiger partial charge in [0.25, 0.3) is 0 Å². The van der Waals surface area contributed by atoms with E-state index in [0.29, 0.717) is 16.3 Å². The van der Waals surface area contributed by atoms with E-state index >= 15 is 0 Å². The molecular formula is C11H11NaO2. The van der Waals surface area contributed by atoms with Crippen molar-refractivity contribution in [3.8, 4) is 11.5 Å². The topological polar surface area (TPSA) is 40.5 Å². The van der Waals surface area contributed by atoms with Gasteiger partial charge in [-0.3, -0.25) is 0 Å². The maximum Gasteiger partial charge on any atom is 1.00 e. The number of hydrogen-bond acceptors (Lipinski definition) is 2. The molecule has 0 bridgehead atoms. The molecule has 0 spiro atoms. The van der Waals surface area contributed by atoms with Crippen LogP contribution in [0.15, 0.2) is 30.3 Å². The Bertz CT molecular complexity index is 471. The van der Waals surface area contributed by atoms with E-state index < -0.39 is 0 Å². The van der Waals surface area contributed by atoms with Gasteiger partial charge in [0.1, 0.15) is 11.5 Å². The molecule has 0 saturated heterocycles. The molecule has 0 heterocycles. The van der Waals surface area contributed by atoms with Crippen molar-refractivity contribution in [1.82, 2.24) is 0 Å². The van der Waals surface area contributed by atoms with Gasteiger partial charge in [-0.25, -0.2) is 0 Å². The van der Waals surface area contributed by atoms with E-state index in [-0.39, 0.29) is 42.5 Å². The van der Waals surface area contributed by atoms with Gasteiger partial charge >= 0.3 is 29.6 Å². The monoisotopic (exact) mass is 198 g/mol. The van der Waals surface area contributed by atoms with Crippen molar-refractivity contribution in [1.29, 1.82) is 0 Å². The molecular weight excluding hydrogens is 187 g/mol. The number of aryl methyl sites for hydroxylation is 1. The third-order valence-electron chi connectivity index (χ3n) is 2.18. The predicted octanol–water partition coefficient (Wildman–Crippen LogP) is -0.324. The average molecular weight is 198 g/mol. The van der Waals surface area contributed by atoms with Crippen molar-refractivity contribution in [3.05, 3.63) is 35.9 Å². The molecule has 2 nitrogen and oxygen atoms in total. The van der Waals surface area contributed by atoms with E-state index in [9.17, 15) is 10.2 Å². The van der Waals surface area contributed by atoms with E-state index in [0.717, 1.165) is 0 Å². The molecule has 3 heteroatoms. The molecule has 2 N–H and O–H groups in total. The number of phenolic OH excluding ortho intramolecular Hbond substituents is 2. The second-order valence-corrected chi connectivity index (χ2v) is 3.11. The van der Waals surface area contributed by atoms with Crippen LogP contribution in [0.1, 0.15) is 6.99 Å². The molecule has 0 aliphatic heterocycles. The molecule has 2 aromatic carbocycles. The zero-order valence-electron chi connectivity index (χ0n) is 9.28. The van der Waals surface area contributed by atoms with Crippen molar-refractivity contribution >= 4 is 10.8 Å². The first-order chi connectivity index (χ1) is 6.20. The van der Waals surface area contributed by atoms with Crippen LogP contribution in [0, 0.1) is 6.92 Å². The van der Waals surface area contributed by atoms with Crippen LogP contribution >= 0.6 is 0 Å². The second-order valence-electron chi connectivity index (χ2n) is 3.11. The number of benzene rings is 2. The first-order valence-corrected chi connectivity index (χ1v) is 4.10. The summed E-state index contributed by atoms with van der Waals surface area (Å²) in [6, 6.07) is 8.80. The molecule has 2 aromatic rings. The molecule has 14 heavy (non-hydrogen) atoms. The summed E-state index contributed by atoms with van der Waals surface area (Å²) in [4.78, 5) is 0. The van der Waals surface area contributed by atoms with Crippen molar-refractivity contribution in [2.45, 2.75) is 6.92 Å². The summed E-state index contributed by atoms with van der Waals surface area (Å²) in [5.41, 5.74) is 0.691. The van der Waals surface area contributed by atoms with Gasteiger partial charge in [0.15, 0.2) is 0 Å². The molecule has 0 fully saturated rings. The Morgan fingerprint density at radius 3 is 2.29 bits per heavy atom. The van der Waals surface area contributed by atoms with Crippen LogP contribution < -0.4 is 29.6 Å². The summed E-state index contributed by atoms with van der Waals surface area (Å²) in [5, 5.41) is 20.6. The Kier molecular flexibility index (Phi) is 3.43. The fourth-order valence-corrected chi connectivity index (χ4v) is 1.48. The van der Waals surface area contributed by atoms with E-state index in [1.54, 1.807) is 25.1 Å². The Morgan fingerprint density at radius 2 is 1.64 bits per heavy atom. The second kappa shape index (κ2) is 4.22. The van der Waals surface area contributed by atoms with Gasteiger partial charge in [-0.1, -0.05) is 24.3 Å². The number of fused-ring (bicyclic) bond motifs is 1. The third kappa shape index (κ3) is 1.73. The SMILES string of the molecule is Cc1cc(O)c2ccccc2c1O.[H-].[Na+]. The van der Waals surface area contributed by atoms with Crippen LogP contribution in [0.4, 0.5) is 0 Å². The Hall–Kier alpha value is -0.700. The average Bonchev–Trinajstić information content (AvgIpc) is 2.15. The van der Waals surface area contributed by atoms with Crippen molar-refractivity contribution in [2.24, 2.45) is 0 Å². The van der Waals surface area contributed by atoms with Crippen molar-refractivity contribution in [2.75, 3.05) is 0 Å². The molecule has 0 aromatic heterocycles. The van der Waals surface area contributed by atoms with Crippen LogP contribution in [0.25, 0.3) is 10.8 Å². The smallest absolute Gasteiger partial charge is 1.00 e. The zero-order chi connectivity index (χ0) is 9.42. The van der Waals surface area contributed by atoms with E-state index in [2.05, 4.69) is 0 Å². The number of rotatable bonds is 0. The minimum Gasteiger partial charge on any atom is -1.00 e. The summed E-state index contributed by atoms with van der Waals surface area (Å²) in [6.07, 6.45) is 0. The number of aromatic hydroxyl groups is 2. The molecule has 0 atom stereocenters. The fraction of sp³-hybridized carbons (Fsp3) is 0.0909. The van der Waals surface area contributed by atoms with Gasteiger partial charge in [0.2, 0.25) is 0 Å². The largest absolute Gasteiger partial charge is 1.00 e. The summed E-state index contributed by atoms with van der Waals surface area (Å²) in [6.45, 7) is 1.77. The predicted molar refractivity (Wildman–Crippen MR) is 53.1 cm³/mol. The zero-order valence-corrected chi connectivity index (χ0v) is 10.3. The van der Waals surface area contributed by atoms with Crippen LogP contribution in [-0.4, -0.2) is 10.2 Å². The molecule has 0 radical (unpaired) electrons. The molecule has 0 aliphatic carbocycles. The normalized spacial score (nSPS) is 9.79. The van der Waals surface area contributed by atoms with E-state index in [1.807, 2.05) is 12.1 Å². The van der Waals surface area contributed by atoms with E-state index in [4.69, 9.17) is 0 Å². The minimum atomic E-state index is 0. The molecule has 2 rings (SSSR count). The van der Waals surface area contributed by atoms with Crippen LogP contribution in [-0.2, 0) is 0 Å². The Labute approximate surface area is 106 Å². The van der Waals surface area contributed by atoms with Gasteiger partial charge < -0.3 is 11.6 Å². The van der Waals surface area contributed by atoms with Gasteiger partial charge in [-0.15, -0.1) is 0 Å². The molecule has 0 aliphatic rings. The van der Waals surface area contributed by atoms with Gasteiger partial charge in [0, 0.05) is 10.8 Å². The standard InChI is InChI=1S/C11H10O2.Na.H/c1-7-6-10(12)8-4-2-3-5-9(8)11(7)13;;/h2-6,12-13H,1H3;;/q;+1;-1. The molecule has 68 valence electrons. The maximum absolute atomic E-state index is 9.67. The molecule has 0 unspecified atom stereocenters. The summed E-state index contributed by atoms with van der Waals surface area (Å²) in [5.74, 6) is 0.458. The third-order valence-corrected chi connectivity index (χ3v) is 2.18. The first-order valence-electron chi connectivity index (χ1n) is 4.10. The van der Waals surface area contributed by atoms with Crippen LogP contribution in [0.3, 0.4) is 0 Å². The first kappa shape index (κ1) is 11.4. The molecule has 0 saturated carbocycles. The van der Waals surface area contributed by atoms with Crippen molar-refractivity contribution in [3.63, 3.8) is 0 Å². The summed E-state index contributed by atoms with van der Waals surface area (Å²) < 4.78 is 0. The van der Waals surface area contributed by atoms with Crippen LogP contribution in [0.5, 0.6) is 11.5 Å². The summed E-state index contributed by atoms with van der Waals surface area (Å²) >= 11 is 0. The Balaban J connectivity index is 0.000000980. The number of hydrogen-bond donors (Lipinski definition) is 2. The van der Waals surface area contributed by atoms with Gasteiger partial charge in [-0.2, -0.15) is 0 Å². The summed E-state index contributed by atoms with van der Waals surface area (Å²) in [7, 11) is 0. The van der Waals surface area contributed by atoms with Gasteiger partial charge in [0.05, 0.1) is 0 Å². The molecule has 0 amide bonds. The van der Waals surface area contributed by atoms with Crippen LogP contribution in [0.2, 0.25) is 0 Å². The minimum absolute atomic E-state index is 0.